The average molecular weight is 235 g/mol. The van der Waals surface area contributed by atoms with Crippen LogP contribution in [0.4, 0.5) is 0 Å². The molecule has 0 aromatic carbocycles. The topological polar surface area (TPSA) is 77.8 Å². The normalized spacial score (nSPS) is 29.2. The van der Waals surface area contributed by atoms with Gasteiger partial charge in [-0.05, 0) is 12.2 Å². The quantitative estimate of drug-likeness (QED) is 0.598. The fourth-order valence-electron chi connectivity index (χ4n) is 0.885. The van der Waals surface area contributed by atoms with Gasteiger partial charge in [-0.1, -0.05) is 15.9 Å². The number of rotatable bonds is 1. The van der Waals surface area contributed by atoms with E-state index in [2.05, 4.69) is 15.9 Å². The van der Waals surface area contributed by atoms with Gasteiger partial charge in [0.1, 0.15) is 12.2 Å². The molecule has 0 radical (unpaired) electrons. The summed E-state index contributed by atoms with van der Waals surface area (Å²) in [5.74, 6) is -1.22. The van der Waals surface area contributed by atoms with Gasteiger partial charge in [0, 0.05) is 4.48 Å². The first kappa shape index (κ1) is 9.44. The zero-order valence-corrected chi connectivity index (χ0v) is 7.52. The summed E-state index contributed by atoms with van der Waals surface area (Å²) >= 11 is 2.98. The minimum atomic E-state index is -1.36. The lowest BCUT2D eigenvalue weighted by molar-refractivity contribution is -0.134. The molecular formula is C7H7BrO4. The third-order valence-corrected chi connectivity index (χ3v) is 2.30. The number of aliphatic carboxylic acids is 1. The number of carboxylic acid groups (broad SMARTS) is 1. The van der Waals surface area contributed by atoms with Crippen molar-refractivity contribution in [3.63, 3.8) is 0 Å². The van der Waals surface area contributed by atoms with Crippen LogP contribution in [-0.2, 0) is 4.79 Å². The van der Waals surface area contributed by atoms with Crippen molar-refractivity contribution in [2.75, 3.05) is 0 Å². The lowest BCUT2D eigenvalue weighted by Crippen LogP contribution is -2.33. The number of allylic oxidation sites excluding steroid dienone is 2. The van der Waals surface area contributed by atoms with Crippen molar-refractivity contribution >= 4 is 21.9 Å². The molecule has 1 aliphatic rings. The Morgan fingerprint density at radius 3 is 2.42 bits per heavy atom. The number of halogens is 1. The Balaban J connectivity index is 2.97. The molecule has 5 heteroatoms. The van der Waals surface area contributed by atoms with Crippen LogP contribution < -0.4 is 0 Å². The highest BCUT2D eigenvalue weighted by atomic mass is 79.9. The van der Waals surface area contributed by atoms with Crippen LogP contribution in [0.15, 0.2) is 22.2 Å². The Bertz CT molecular complexity index is 269. The Hall–Kier alpha value is -0.650. The first-order valence-corrected chi connectivity index (χ1v) is 4.00. The molecular weight excluding hydrogens is 228 g/mol. The largest absolute Gasteiger partial charge is 0.478 e. The van der Waals surface area contributed by atoms with Crippen molar-refractivity contribution in [2.24, 2.45) is 0 Å². The van der Waals surface area contributed by atoms with Crippen LogP contribution in [0.25, 0.3) is 0 Å². The van der Waals surface area contributed by atoms with E-state index in [-0.39, 0.29) is 5.57 Å². The molecule has 4 nitrogen and oxygen atoms in total. The Morgan fingerprint density at radius 2 is 1.92 bits per heavy atom. The van der Waals surface area contributed by atoms with E-state index in [1.807, 2.05) is 0 Å². The summed E-state index contributed by atoms with van der Waals surface area (Å²) in [5, 5.41) is 26.9. The standard InChI is InChI=1S/C7H7BrO4/c8-4-2-1-3(7(11)12)5(9)6(4)10/h1-2,5-6,9-10H,(H,11,12)/t5-,6+/m0/s1. The third kappa shape index (κ3) is 1.57. The molecule has 0 saturated carbocycles. The van der Waals surface area contributed by atoms with Crippen molar-refractivity contribution in [3.05, 3.63) is 22.2 Å². The molecule has 66 valence electrons. The highest BCUT2D eigenvalue weighted by Gasteiger charge is 2.29. The zero-order valence-electron chi connectivity index (χ0n) is 5.94. The van der Waals surface area contributed by atoms with Crippen molar-refractivity contribution in [1.82, 2.24) is 0 Å². The molecule has 3 N–H and O–H groups in total. The molecule has 0 spiro atoms. The molecule has 0 aromatic rings. The fraction of sp³-hybridized carbons (Fsp3) is 0.286. The van der Waals surface area contributed by atoms with Gasteiger partial charge in [-0.15, -0.1) is 0 Å². The van der Waals surface area contributed by atoms with E-state index in [1.54, 1.807) is 0 Å². The number of carboxylic acids is 1. The van der Waals surface area contributed by atoms with Gasteiger partial charge < -0.3 is 15.3 Å². The van der Waals surface area contributed by atoms with E-state index in [1.165, 1.54) is 12.2 Å². The van der Waals surface area contributed by atoms with Crippen molar-refractivity contribution < 1.29 is 20.1 Å². The summed E-state index contributed by atoms with van der Waals surface area (Å²) in [4.78, 5) is 10.4. The van der Waals surface area contributed by atoms with Crippen LogP contribution in [0.3, 0.4) is 0 Å². The number of hydrogen-bond donors (Lipinski definition) is 3. The number of carbonyl (C=O) groups is 1. The van der Waals surface area contributed by atoms with E-state index in [4.69, 9.17) is 5.11 Å². The maximum absolute atomic E-state index is 10.4. The Morgan fingerprint density at radius 1 is 1.33 bits per heavy atom. The second kappa shape index (κ2) is 3.38. The van der Waals surface area contributed by atoms with Crippen LogP contribution in [-0.4, -0.2) is 33.5 Å². The van der Waals surface area contributed by atoms with Crippen molar-refractivity contribution in [3.8, 4) is 0 Å². The minimum Gasteiger partial charge on any atom is -0.478 e. The second-order valence-electron chi connectivity index (χ2n) is 2.37. The van der Waals surface area contributed by atoms with Crippen LogP contribution in [0, 0.1) is 0 Å². The van der Waals surface area contributed by atoms with Gasteiger partial charge in [0.2, 0.25) is 0 Å². The van der Waals surface area contributed by atoms with Crippen LogP contribution in [0.2, 0.25) is 0 Å². The molecule has 1 rings (SSSR count). The number of aliphatic hydroxyl groups is 2. The van der Waals surface area contributed by atoms with Crippen LogP contribution in [0.1, 0.15) is 0 Å². The van der Waals surface area contributed by atoms with E-state index in [0.717, 1.165) is 0 Å². The molecule has 1 aliphatic carbocycles. The predicted molar refractivity (Wildman–Crippen MR) is 44.7 cm³/mol. The summed E-state index contributed by atoms with van der Waals surface area (Å²) in [6, 6.07) is 0. The van der Waals surface area contributed by atoms with Gasteiger partial charge in [0.15, 0.2) is 0 Å². The summed E-state index contributed by atoms with van der Waals surface area (Å²) in [5.41, 5.74) is -0.203. The van der Waals surface area contributed by atoms with Gasteiger partial charge >= 0.3 is 5.97 Å². The monoisotopic (exact) mass is 234 g/mol. The first-order chi connectivity index (χ1) is 5.54. The molecule has 0 aromatic heterocycles. The van der Waals surface area contributed by atoms with Crippen molar-refractivity contribution in [2.45, 2.75) is 12.2 Å². The van der Waals surface area contributed by atoms with Gasteiger partial charge in [-0.3, -0.25) is 0 Å². The number of hydrogen-bond acceptors (Lipinski definition) is 3. The first-order valence-electron chi connectivity index (χ1n) is 3.20. The van der Waals surface area contributed by atoms with Gasteiger partial charge in [-0.25, -0.2) is 4.79 Å². The smallest absolute Gasteiger partial charge is 0.334 e. The number of aliphatic hydroxyl groups excluding tert-OH is 2. The van der Waals surface area contributed by atoms with Crippen molar-refractivity contribution in [1.29, 1.82) is 0 Å². The Kier molecular flexibility index (Phi) is 2.66. The lowest BCUT2D eigenvalue weighted by atomic mass is 9.99. The molecule has 0 heterocycles. The molecule has 0 aliphatic heterocycles. The van der Waals surface area contributed by atoms with Gasteiger partial charge in [-0.2, -0.15) is 0 Å². The van der Waals surface area contributed by atoms with Gasteiger partial charge in [0.25, 0.3) is 0 Å². The SMILES string of the molecule is O=C(O)C1=CC=C(Br)[C@@H](O)[C@H]1O. The zero-order chi connectivity index (χ0) is 9.30. The second-order valence-corrected chi connectivity index (χ2v) is 3.28. The molecule has 0 amide bonds. The molecule has 12 heavy (non-hydrogen) atoms. The molecule has 0 saturated heterocycles. The van der Waals surface area contributed by atoms with E-state index in [9.17, 15) is 15.0 Å². The Labute approximate surface area is 77.0 Å². The van der Waals surface area contributed by atoms with Gasteiger partial charge in [0.05, 0.1) is 5.57 Å². The average Bonchev–Trinajstić information content (AvgIpc) is 2.00. The predicted octanol–water partition coefficient (Wildman–Crippen LogP) is 0.0116. The highest BCUT2D eigenvalue weighted by Crippen LogP contribution is 2.23. The fourth-order valence-corrected chi connectivity index (χ4v) is 1.27. The van der Waals surface area contributed by atoms with E-state index < -0.39 is 18.2 Å². The molecule has 0 fully saturated rings. The third-order valence-electron chi connectivity index (χ3n) is 1.57. The molecule has 0 bridgehead atoms. The maximum atomic E-state index is 10.4. The summed E-state index contributed by atoms with van der Waals surface area (Å²) in [6.07, 6.45) is 0.118. The van der Waals surface area contributed by atoms with E-state index in [0.29, 0.717) is 4.48 Å². The summed E-state index contributed by atoms with van der Waals surface area (Å²) in [6.45, 7) is 0. The summed E-state index contributed by atoms with van der Waals surface area (Å²) in [7, 11) is 0. The highest BCUT2D eigenvalue weighted by molar-refractivity contribution is 9.11. The lowest BCUT2D eigenvalue weighted by Gasteiger charge is -2.20. The maximum Gasteiger partial charge on any atom is 0.334 e. The molecule has 0 unspecified atom stereocenters. The molecule has 2 atom stereocenters. The summed E-state index contributed by atoms with van der Waals surface area (Å²) < 4.78 is 0.375. The minimum absolute atomic E-state index is 0.203. The van der Waals surface area contributed by atoms with Crippen LogP contribution in [0.5, 0.6) is 0 Å². The van der Waals surface area contributed by atoms with Crippen LogP contribution >= 0.6 is 15.9 Å². The van der Waals surface area contributed by atoms with E-state index >= 15 is 0 Å².